The molecule has 0 spiro atoms. The molecule has 6 atom stereocenters. The van der Waals surface area contributed by atoms with E-state index in [0.29, 0.717) is 40.6 Å². The summed E-state index contributed by atoms with van der Waals surface area (Å²) in [5.74, 6) is -2.51. The number of nitrogens with one attached hydrogen (secondary N) is 2. The molecule has 2 aliphatic heterocycles. The lowest BCUT2D eigenvalue weighted by atomic mass is 10.0. The number of fused-ring (bicyclic) bond motifs is 2. The number of aromatic nitrogens is 6. The number of aryl methyl sites for hydroxylation is 1. The molecule has 6 rings (SSSR count). The molecule has 0 aliphatic carbocycles. The summed E-state index contributed by atoms with van der Waals surface area (Å²) >= 11 is 0. The third-order valence-corrected chi connectivity index (χ3v) is 10.9. The van der Waals surface area contributed by atoms with Gasteiger partial charge in [-0.1, -0.05) is 0 Å². The number of hydrogen-bond acceptors (Lipinski definition) is 13. The van der Waals surface area contributed by atoms with Crippen molar-refractivity contribution < 1.29 is 38.1 Å². The van der Waals surface area contributed by atoms with Crippen LogP contribution in [0.15, 0.2) is 29.6 Å². The molecule has 0 radical (unpaired) electrons. The van der Waals surface area contributed by atoms with Gasteiger partial charge in [-0.05, 0) is 37.3 Å². The van der Waals surface area contributed by atoms with Gasteiger partial charge in [0.05, 0.1) is 28.4 Å². The summed E-state index contributed by atoms with van der Waals surface area (Å²) < 4.78 is 34.1. The Hall–Kier alpha value is -4.59. The number of piperidine rings is 1. The van der Waals surface area contributed by atoms with Crippen LogP contribution in [0.25, 0.3) is 22.2 Å². The molecular formula is C27H33N9O9S. The van der Waals surface area contributed by atoms with Crippen molar-refractivity contribution in [2.45, 2.75) is 67.9 Å². The van der Waals surface area contributed by atoms with Gasteiger partial charge in [0.1, 0.15) is 35.5 Å². The van der Waals surface area contributed by atoms with Crippen molar-refractivity contribution in [1.82, 2.24) is 34.4 Å². The third-order valence-electron chi connectivity index (χ3n) is 8.65. The Kier molecular flexibility index (Phi) is 8.17. The zero-order valence-corrected chi connectivity index (χ0v) is 25.1. The number of aromatic amines is 2. The number of carboxylic acid groups (broad SMARTS) is 1. The zero-order chi connectivity index (χ0) is 32.9. The van der Waals surface area contributed by atoms with E-state index in [-0.39, 0.29) is 37.4 Å². The maximum Gasteiger partial charge on any atom is 0.326 e. The second kappa shape index (κ2) is 12.0. The molecule has 9 N–H and O–H groups in total. The van der Waals surface area contributed by atoms with E-state index >= 15 is 0 Å². The predicted molar refractivity (Wildman–Crippen MR) is 162 cm³/mol. The van der Waals surface area contributed by atoms with Crippen LogP contribution in [0.4, 0.5) is 11.6 Å². The van der Waals surface area contributed by atoms with Gasteiger partial charge in [0.15, 0.2) is 21.7 Å². The number of anilines is 2. The number of rotatable bonds is 9. The second-order valence-electron chi connectivity index (χ2n) is 11.5. The molecule has 6 heterocycles. The Morgan fingerprint density at radius 1 is 1.17 bits per heavy atom. The van der Waals surface area contributed by atoms with Crippen molar-refractivity contribution >= 4 is 55.5 Å². The van der Waals surface area contributed by atoms with Crippen LogP contribution >= 0.6 is 0 Å². The van der Waals surface area contributed by atoms with E-state index < -0.39 is 68.9 Å². The maximum absolute atomic E-state index is 13.5. The second-order valence-corrected chi connectivity index (χ2v) is 13.9. The number of aliphatic carboxylic acids is 1. The van der Waals surface area contributed by atoms with Gasteiger partial charge < -0.3 is 41.4 Å². The van der Waals surface area contributed by atoms with Crippen LogP contribution in [0.1, 0.15) is 37.5 Å². The number of ether oxygens (including phenoxy) is 1. The third kappa shape index (κ3) is 5.65. The number of carboxylic acids is 1. The van der Waals surface area contributed by atoms with Crippen LogP contribution in [-0.4, -0.2) is 112 Å². The lowest BCUT2D eigenvalue weighted by Gasteiger charge is -2.37. The Labute approximate surface area is 260 Å². The monoisotopic (exact) mass is 659 g/mol. The fourth-order valence-electron chi connectivity index (χ4n) is 6.28. The molecule has 0 saturated carbocycles. The molecule has 18 nitrogen and oxygen atoms in total. The standard InChI is InChI=1S/C27H33N9O9S/c28-14-4-6-30-23-19(14)32-11-36(23)25-21(39)20(38)16(45-25)10-46(43,44)13-5-7-35(15(8-13)26(41)42)17(37)3-1-2-12-9-31-22-18(12)24(40)34-27(29)33-22/h4,6,9,11,13,15-16,20-21,25,38-39H,1-3,5,7-8,10H2,(H2,28,30)(H,41,42)(H4,29,31,33,34,40)/t13?,15?,16-,20?,21+,25-/m1/s1. The van der Waals surface area contributed by atoms with E-state index in [1.54, 1.807) is 12.3 Å². The molecule has 2 fully saturated rings. The molecule has 3 unspecified atom stereocenters. The zero-order valence-electron chi connectivity index (χ0n) is 24.3. The summed E-state index contributed by atoms with van der Waals surface area (Å²) in [7, 11) is -4.06. The van der Waals surface area contributed by atoms with Gasteiger partial charge in [-0.25, -0.2) is 23.2 Å². The van der Waals surface area contributed by atoms with Gasteiger partial charge in [-0.3, -0.25) is 19.1 Å². The highest BCUT2D eigenvalue weighted by Gasteiger charge is 2.48. The largest absolute Gasteiger partial charge is 0.480 e. The van der Waals surface area contributed by atoms with Gasteiger partial charge in [0.2, 0.25) is 11.9 Å². The Bertz CT molecular complexity index is 1970. The molecule has 2 saturated heterocycles. The Morgan fingerprint density at radius 3 is 2.72 bits per heavy atom. The molecule has 4 aromatic heterocycles. The average Bonchev–Trinajstić information content (AvgIpc) is 3.69. The minimum atomic E-state index is -4.06. The maximum atomic E-state index is 13.5. The molecule has 19 heteroatoms. The summed E-state index contributed by atoms with van der Waals surface area (Å²) in [4.78, 5) is 56.4. The number of carbonyl (C=O) groups is 2. The Balaban J connectivity index is 1.09. The summed E-state index contributed by atoms with van der Waals surface area (Å²) in [6, 6.07) is 0.161. The van der Waals surface area contributed by atoms with Crippen LogP contribution in [0, 0.1) is 0 Å². The molecular weight excluding hydrogens is 626 g/mol. The molecule has 4 aromatic rings. The predicted octanol–water partition coefficient (Wildman–Crippen LogP) is -1.34. The van der Waals surface area contributed by atoms with Gasteiger partial charge in [-0.2, -0.15) is 4.98 Å². The number of amides is 1. The summed E-state index contributed by atoms with van der Waals surface area (Å²) in [6.45, 7) is -0.108. The number of pyridine rings is 1. The fraction of sp³-hybridized carbons (Fsp3) is 0.481. The topological polar surface area (TPSA) is 286 Å². The van der Waals surface area contributed by atoms with Crippen molar-refractivity contribution in [2.75, 3.05) is 23.8 Å². The Morgan fingerprint density at radius 2 is 1.96 bits per heavy atom. The van der Waals surface area contributed by atoms with Crippen LogP contribution in [0.3, 0.4) is 0 Å². The van der Waals surface area contributed by atoms with Crippen LogP contribution in [0.5, 0.6) is 0 Å². The molecule has 0 bridgehead atoms. The molecule has 46 heavy (non-hydrogen) atoms. The lowest BCUT2D eigenvalue weighted by molar-refractivity contribution is -0.152. The van der Waals surface area contributed by atoms with Crippen molar-refractivity contribution in [3.8, 4) is 0 Å². The lowest BCUT2D eigenvalue weighted by Crippen LogP contribution is -2.53. The highest BCUT2D eigenvalue weighted by molar-refractivity contribution is 7.92. The number of sulfone groups is 1. The number of carbonyl (C=O) groups excluding carboxylic acids is 1. The average molecular weight is 660 g/mol. The fourth-order valence-corrected chi connectivity index (χ4v) is 8.23. The highest BCUT2D eigenvalue weighted by Crippen LogP contribution is 2.34. The first-order valence-electron chi connectivity index (χ1n) is 14.5. The van der Waals surface area contributed by atoms with E-state index in [4.69, 9.17) is 16.2 Å². The van der Waals surface area contributed by atoms with Gasteiger partial charge in [-0.15, -0.1) is 0 Å². The van der Waals surface area contributed by atoms with Crippen LogP contribution < -0.4 is 17.0 Å². The number of hydrogen-bond donors (Lipinski definition) is 7. The number of nitrogens with zero attached hydrogens (tertiary/aromatic N) is 5. The number of H-pyrrole nitrogens is 2. The number of aliphatic hydroxyl groups is 2. The normalized spacial score (nSPS) is 25.4. The minimum Gasteiger partial charge on any atom is -0.480 e. The molecule has 0 aromatic carbocycles. The minimum absolute atomic E-state index is 0.0209. The van der Waals surface area contributed by atoms with E-state index in [1.807, 2.05) is 0 Å². The number of imidazole rings is 1. The summed E-state index contributed by atoms with van der Waals surface area (Å²) in [5.41, 5.74) is 13.0. The van der Waals surface area contributed by atoms with Crippen LogP contribution in [-0.2, 0) is 30.6 Å². The molecule has 2 aliphatic rings. The first-order chi connectivity index (χ1) is 21.9. The van der Waals surface area contributed by atoms with Crippen molar-refractivity contribution in [2.24, 2.45) is 0 Å². The van der Waals surface area contributed by atoms with Gasteiger partial charge in [0.25, 0.3) is 5.56 Å². The molecule has 1 amide bonds. The number of aliphatic hydroxyl groups excluding tert-OH is 2. The SMILES string of the molecule is Nc1nc2[nH]cc(CCCC(=O)N3CCC(S(=O)(=O)C[C@H]4O[C@@H](n5cnc6c(N)ccnc65)[C@@H](O)C4O)CC3C(=O)O)c2c(=O)[nH]1. The number of nitrogen functional groups attached to an aromatic ring is 2. The summed E-state index contributed by atoms with van der Waals surface area (Å²) in [5, 5.41) is 30.6. The summed E-state index contributed by atoms with van der Waals surface area (Å²) in [6.07, 6.45) is -1.01. The van der Waals surface area contributed by atoms with Crippen molar-refractivity contribution in [3.05, 3.63) is 40.7 Å². The van der Waals surface area contributed by atoms with Gasteiger partial charge >= 0.3 is 5.97 Å². The number of nitrogens with two attached hydrogens (primary N) is 2. The first-order valence-corrected chi connectivity index (χ1v) is 16.3. The smallest absolute Gasteiger partial charge is 0.326 e. The van der Waals surface area contributed by atoms with E-state index in [2.05, 4.69) is 24.9 Å². The van der Waals surface area contributed by atoms with Crippen molar-refractivity contribution in [1.29, 1.82) is 0 Å². The van der Waals surface area contributed by atoms with E-state index in [0.717, 1.165) is 0 Å². The van der Waals surface area contributed by atoms with Gasteiger partial charge in [0, 0.05) is 25.4 Å². The first kappa shape index (κ1) is 31.4. The van der Waals surface area contributed by atoms with Crippen LogP contribution in [0.2, 0.25) is 0 Å². The quantitative estimate of drug-likeness (QED) is 0.110. The van der Waals surface area contributed by atoms with E-state index in [9.17, 15) is 38.1 Å². The van der Waals surface area contributed by atoms with E-state index in [1.165, 1.54) is 22.0 Å². The number of likely N-dealkylation sites (tertiary alicyclic amines) is 1. The van der Waals surface area contributed by atoms with Crippen molar-refractivity contribution in [3.63, 3.8) is 0 Å². The highest BCUT2D eigenvalue weighted by atomic mass is 32.2. The molecule has 246 valence electrons.